The Labute approximate surface area is 104 Å². The lowest BCUT2D eigenvalue weighted by Crippen LogP contribution is -2.26. The van der Waals surface area contributed by atoms with Crippen LogP contribution in [0.3, 0.4) is 0 Å². The van der Waals surface area contributed by atoms with Gasteiger partial charge < -0.3 is 5.11 Å². The molecule has 1 aromatic heterocycles. The van der Waals surface area contributed by atoms with Crippen molar-refractivity contribution in [3.63, 3.8) is 0 Å². The maximum absolute atomic E-state index is 11.7. The highest BCUT2D eigenvalue weighted by atomic mass is 32.1. The van der Waals surface area contributed by atoms with E-state index < -0.39 is 0 Å². The Morgan fingerprint density at radius 2 is 2.06 bits per heavy atom. The van der Waals surface area contributed by atoms with E-state index in [9.17, 15) is 14.7 Å². The van der Waals surface area contributed by atoms with E-state index in [0.29, 0.717) is 12.8 Å². The minimum Gasteiger partial charge on any atom is -0.511 e. The second-order valence-electron chi connectivity index (χ2n) is 4.44. The van der Waals surface area contributed by atoms with E-state index in [1.807, 2.05) is 24.4 Å². The normalized spacial score (nSPS) is 20.8. The molecule has 0 saturated heterocycles. The Morgan fingerprint density at radius 1 is 1.41 bits per heavy atom. The highest BCUT2D eigenvalue weighted by Gasteiger charge is 2.30. The second kappa shape index (κ2) is 4.84. The lowest BCUT2D eigenvalue weighted by atomic mass is 9.84. The van der Waals surface area contributed by atoms with Crippen LogP contribution in [0.15, 0.2) is 28.8 Å². The van der Waals surface area contributed by atoms with Gasteiger partial charge in [-0.3, -0.25) is 9.59 Å². The minimum absolute atomic E-state index is 0.0245. The van der Waals surface area contributed by atoms with Crippen LogP contribution in [0.5, 0.6) is 0 Å². The molecule has 2 rings (SSSR count). The Balaban J connectivity index is 2.24. The van der Waals surface area contributed by atoms with E-state index in [1.165, 1.54) is 11.3 Å². The molecule has 0 spiro atoms. The van der Waals surface area contributed by atoms with E-state index in [4.69, 9.17) is 0 Å². The van der Waals surface area contributed by atoms with Crippen LogP contribution < -0.4 is 0 Å². The topological polar surface area (TPSA) is 54.4 Å². The molecule has 1 fully saturated rings. The monoisotopic (exact) mass is 250 g/mol. The summed E-state index contributed by atoms with van der Waals surface area (Å²) in [6.45, 7) is 1.88. The summed E-state index contributed by atoms with van der Waals surface area (Å²) in [6, 6.07) is 3.76. The number of aliphatic hydroxyl groups is 1. The SMILES string of the molecule is CC1CC(=O)C(=C(O)Cc2cccs2)C(=O)C1. The fourth-order valence-corrected chi connectivity index (χ4v) is 2.76. The van der Waals surface area contributed by atoms with Crippen LogP contribution in [0.25, 0.3) is 0 Å². The van der Waals surface area contributed by atoms with Gasteiger partial charge in [-0.15, -0.1) is 11.3 Å². The molecular formula is C13H14O3S. The molecule has 1 heterocycles. The standard InChI is InChI=1S/C13H14O3S/c1-8-5-10(14)13(11(15)6-8)12(16)7-9-3-2-4-17-9/h2-4,8,16H,5-7H2,1H3. The molecular weight excluding hydrogens is 236 g/mol. The summed E-state index contributed by atoms with van der Waals surface area (Å²) in [5.74, 6) is -0.423. The van der Waals surface area contributed by atoms with Gasteiger partial charge in [-0.2, -0.15) is 0 Å². The number of ketones is 2. The molecule has 1 aromatic rings. The van der Waals surface area contributed by atoms with Crippen LogP contribution in [0.1, 0.15) is 24.6 Å². The number of carbonyl (C=O) groups excluding carboxylic acids is 2. The molecule has 4 heteroatoms. The van der Waals surface area contributed by atoms with Crippen LogP contribution in [-0.4, -0.2) is 16.7 Å². The van der Waals surface area contributed by atoms with E-state index in [0.717, 1.165) is 4.88 Å². The van der Waals surface area contributed by atoms with Crippen molar-refractivity contribution < 1.29 is 14.7 Å². The lowest BCUT2D eigenvalue weighted by Gasteiger charge is -2.18. The van der Waals surface area contributed by atoms with Crippen molar-refractivity contribution in [2.45, 2.75) is 26.2 Å². The summed E-state index contributed by atoms with van der Waals surface area (Å²) < 4.78 is 0. The Morgan fingerprint density at radius 3 is 2.59 bits per heavy atom. The first-order chi connectivity index (χ1) is 8.08. The van der Waals surface area contributed by atoms with Crippen molar-refractivity contribution >= 4 is 22.9 Å². The Kier molecular flexibility index (Phi) is 3.43. The Hall–Kier alpha value is -1.42. The summed E-state index contributed by atoms with van der Waals surface area (Å²) in [5, 5.41) is 11.8. The number of allylic oxidation sites excluding steroid dienone is 2. The molecule has 1 aliphatic rings. The van der Waals surface area contributed by atoms with Crippen molar-refractivity contribution in [2.24, 2.45) is 5.92 Å². The quantitative estimate of drug-likeness (QED) is 0.499. The van der Waals surface area contributed by atoms with Gasteiger partial charge in [0.25, 0.3) is 0 Å². The molecule has 1 saturated carbocycles. The fraction of sp³-hybridized carbons (Fsp3) is 0.385. The minimum atomic E-state index is -0.220. The molecule has 0 aromatic carbocycles. The predicted molar refractivity (Wildman–Crippen MR) is 66.1 cm³/mol. The molecule has 1 aliphatic carbocycles. The summed E-state index contributed by atoms with van der Waals surface area (Å²) in [6.07, 6.45) is 0.990. The van der Waals surface area contributed by atoms with Gasteiger partial charge in [0.1, 0.15) is 5.76 Å². The zero-order valence-corrected chi connectivity index (χ0v) is 10.4. The van der Waals surface area contributed by atoms with E-state index in [-0.39, 0.29) is 35.2 Å². The first-order valence-electron chi connectivity index (χ1n) is 5.59. The zero-order chi connectivity index (χ0) is 12.4. The van der Waals surface area contributed by atoms with Gasteiger partial charge in [0.05, 0.1) is 5.57 Å². The third kappa shape index (κ3) is 2.64. The Bertz CT molecular complexity index is 451. The van der Waals surface area contributed by atoms with Gasteiger partial charge >= 0.3 is 0 Å². The van der Waals surface area contributed by atoms with Gasteiger partial charge in [-0.05, 0) is 17.4 Å². The second-order valence-corrected chi connectivity index (χ2v) is 5.47. The molecule has 0 aliphatic heterocycles. The van der Waals surface area contributed by atoms with Gasteiger partial charge in [-0.25, -0.2) is 0 Å². The molecule has 0 unspecified atom stereocenters. The first kappa shape index (κ1) is 12.0. The smallest absolute Gasteiger partial charge is 0.170 e. The van der Waals surface area contributed by atoms with E-state index >= 15 is 0 Å². The molecule has 0 atom stereocenters. The summed E-state index contributed by atoms with van der Waals surface area (Å²) in [5.41, 5.74) is 0.0245. The zero-order valence-electron chi connectivity index (χ0n) is 9.60. The van der Waals surface area contributed by atoms with Crippen molar-refractivity contribution in [1.29, 1.82) is 0 Å². The number of rotatable bonds is 2. The summed E-state index contributed by atoms with van der Waals surface area (Å²) in [7, 11) is 0. The molecule has 0 radical (unpaired) electrons. The summed E-state index contributed by atoms with van der Waals surface area (Å²) in [4.78, 5) is 24.5. The number of aliphatic hydroxyl groups excluding tert-OH is 1. The van der Waals surface area contributed by atoms with Gasteiger partial charge in [0, 0.05) is 24.1 Å². The lowest BCUT2D eigenvalue weighted by molar-refractivity contribution is -0.125. The van der Waals surface area contributed by atoms with Crippen molar-refractivity contribution in [3.05, 3.63) is 33.7 Å². The van der Waals surface area contributed by atoms with E-state index in [1.54, 1.807) is 0 Å². The molecule has 1 N–H and O–H groups in total. The number of hydrogen-bond donors (Lipinski definition) is 1. The number of Topliss-reactive ketones (excluding diaryl/α,β-unsaturated/α-hetero) is 2. The maximum atomic E-state index is 11.7. The predicted octanol–water partition coefficient (Wildman–Crippen LogP) is 2.67. The number of hydrogen-bond acceptors (Lipinski definition) is 4. The third-order valence-corrected chi connectivity index (χ3v) is 3.71. The van der Waals surface area contributed by atoms with Crippen molar-refractivity contribution in [1.82, 2.24) is 0 Å². The van der Waals surface area contributed by atoms with E-state index in [2.05, 4.69) is 0 Å². The van der Waals surface area contributed by atoms with Crippen molar-refractivity contribution in [2.75, 3.05) is 0 Å². The van der Waals surface area contributed by atoms with Gasteiger partial charge in [0.2, 0.25) is 0 Å². The molecule has 0 amide bonds. The summed E-state index contributed by atoms with van der Waals surface area (Å²) >= 11 is 1.50. The number of thiophene rings is 1. The van der Waals surface area contributed by atoms with Crippen LogP contribution in [0.4, 0.5) is 0 Å². The van der Waals surface area contributed by atoms with Crippen LogP contribution in [-0.2, 0) is 16.0 Å². The third-order valence-electron chi connectivity index (χ3n) is 2.84. The molecule has 90 valence electrons. The average molecular weight is 250 g/mol. The largest absolute Gasteiger partial charge is 0.511 e. The molecule has 3 nitrogen and oxygen atoms in total. The average Bonchev–Trinajstić information content (AvgIpc) is 2.68. The maximum Gasteiger partial charge on any atom is 0.170 e. The molecule has 0 bridgehead atoms. The van der Waals surface area contributed by atoms with Gasteiger partial charge in [0.15, 0.2) is 11.6 Å². The van der Waals surface area contributed by atoms with Crippen LogP contribution >= 0.6 is 11.3 Å². The fourth-order valence-electron chi connectivity index (χ4n) is 2.05. The van der Waals surface area contributed by atoms with Crippen LogP contribution in [0, 0.1) is 5.92 Å². The highest BCUT2D eigenvalue weighted by Crippen LogP contribution is 2.25. The van der Waals surface area contributed by atoms with Gasteiger partial charge in [-0.1, -0.05) is 13.0 Å². The first-order valence-corrected chi connectivity index (χ1v) is 6.46. The molecule has 17 heavy (non-hydrogen) atoms. The van der Waals surface area contributed by atoms with Crippen molar-refractivity contribution in [3.8, 4) is 0 Å². The highest BCUT2D eigenvalue weighted by molar-refractivity contribution is 7.09. The number of carbonyl (C=O) groups is 2. The van der Waals surface area contributed by atoms with Crippen LogP contribution in [0.2, 0.25) is 0 Å².